The number of aryl methyl sites for hydroxylation is 1. The van der Waals surface area contributed by atoms with Gasteiger partial charge >= 0.3 is 0 Å². The van der Waals surface area contributed by atoms with Gasteiger partial charge in [-0.2, -0.15) is 0 Å². The Balaban J connectivity index is 2.01. The van der Waals surface area contributed by atoms with E-state index < -0.39 is 0 Å². The van der Waals surface area contributed by atoms with Gasteiger partial charge < -0.3 is 9.32 Å². The molecule has 25 heavy (non-hydrogen) atoms. The van der Waals surface area contributed by atoms with Gasteiger partial charge in [-0.15, -0.1) is 0 Å². The Labute approximate surface area is 148 Å². The van der Waals surface area contributed by atoms with Gasteiger partial charge in [0.2, 0.25) is 11.3 Å². The Bertz CT molecular complexity index is 1080. The van der Waals surface area contributed by atoms with Gasteiger partial charge in [0, 0.05) is 10.7 Å². The van der Waals surface area contributed by atoms with Gasteiger partial charge in [0.15, 0.2) is 5.78 Å². The van der Waals surface area contributed by atoms with Crippen molar-refractivity contribution in [1.29, 1.82) is 0 Å². The van der Waals surface area contributed by atoms with Crippen molar-refractivity contribution in [2.24, 2.45) is 0 Å². The van der Waals surface area contributed by atoms with Gasteiger partial charge in [0.1, 0.15) is 5.58 Å². The summed E-state index contributed by atoms with van der Waals surface area (Å²) in [6, 6.07) is 12.5. The summed E-state index contributed by atoms with van der Waals surface area (Å²) in [5, 5.41) is 1.10. The fourth-order valence-electron chi connectivity index (χ4n) is 2.95. The van der Waals surface area contributed by atoms with Crippen LogP contribution in [-0.2, 0) is 4.79 Å². The van der Waals surface area contributed by atoms with Crippen LogP contribution >= 0.6 is 11.6 Å². The molecule has 3 aromatic rings. The monoisotopic (exact) mass is 351 g/mol. The maximum Gasteiger partial charge on any atom is 0.212 e. The summed E-state index contributed by atoms with van der Waals surface area (Å²) in [5.41, 5.74) is 2.43. The summed E-state index contributed by atoms with van der Waals surface area (Å²) in [6.07, 6.45) is 2.97. The zero-order valence-corrected chi connectivity index (χ0v) is 14.2. The van der Waals surface area contributed by atoms with Crippen LogP contribution in [0.25, 0.3) is 17.0 Å². The van der Waals surface area contributed by atoms with Gasteiger partial charge in [-0.25, -0.2) is 0 Å². The molecule has 0 unspecified atom stereocenters. The molecule has 2 aromatic carbocycles. The third kappa shape index (κ3) is 2.75. The van der Waals surface area contributed by atoms with Crippen molar-refractivity contribution in [2.45, 2.75) is 6.92 Å². The van der Waals surface area contributed by atoms with E-state index in [1.165, 1.54) is 6.08 Å². The van der Waals surface area contributed by atoms with E-state index in [9.17, 15) is 9.59 Å². The second kappa shape index (κ2) is 5.90. The molecule has 1 aromatic heterocycles. The molecule has 0 atom stereocenters. The first-order valence-corrected chi connectivity index (χ1v) is 8.22. The Morgan fingerprint density at radius 1 is 1.04 bits per heavy atom. The molecular weight excluding hydrogens is 338 g/mol. The van der Waals surface area contributed by atoms with E-state index in [2.05, 4.69) is 0 Å². The highest BCUT2D eigenvalue weighted by Crippen LogP contribution is 2.33. The Kier molecular flexibility index (Phi) is 3.70. The average molecular weight is 352 g/mol. The highest BCUT2D eigenvalue weighted by molar-refractivity contribution is 6.30. The fourth-order valence-corrected chi connectivity index (χ4v) is 3.07. The van der Waals surface area contributed by atoms with Gasteiger partial charge in [0.25, 0.3) is 0 Å². The molecule has 4 nitrogen and oxygen atoms in total. The van der Waals surface area contributed by atoms with Crippen LogP contribution in [0.15, 0.2) is 57.8 Å². The smallest absolute Gasteiger partial charge is 0.212 e. The first-order chi connectivity index (χ1) is 12.0. The maximum atomic E-state index is 12.9. The van der Waals surface area contributed by atoms with E-state index in [0.717, 1.165) is 11.3 Å². The van der Waals surface area contributed by atoms with Crippen LogP contribution in [0, 0.1) is 6.92 Å². The minimum atomic E-state index is -0.148. The van der Waals surface area contributed by atoms with Crippen molar-refractivity contribution in [3.8, 4) is 0 Å². The van der Waals surface area contributed by atoms with E-state index in [4.69, 9.17) is 16.0 Å². The van der Waals surface area contributed by atoms with Crippen molar-refractivity contribution in [3.05, 3.63) is 74.9 Å². The zero-order chi connectivity index (χ0) is 17.6. The van der Waals surface area contributed by atoms with Gasteiger partial charge in [-0.05, 0) is 55.5 Å². The standard InChI is InChI=1S/C20H14ClNO3/c1-12-2-9-18-17(10-12)19(24)16-8-7-15(23)11-22(20(16)25-18)14-5-3-13(21)4-6-14/h2-10H,11H2,1H3. The van der Waals surface area contributed by atoms with Crippen LogP contribution < -0.4 is 10.3 Å². The van der Waals surface area contributed by atoms with E-state index in [1.54, 1.807) is 47.4 Å². The number of hydrogen-bond donors (Lipinski definition) is 0. The lowest BCUT2D eigenvalue weighted by molar-refractivity contribution is -0.113. The van der Waals surface area contributed by atoms with Crippen LogP contribution in [-0.4, -0.2) is 12.3 Å². The third-order valence-corrected chi connectivity index (χ3v) is 4.45. The molecule has 0 fully saturated rings. The molecule has 4 rings (SSSR count). The predicted octanol–water partition coefficient (Wildman–Crippen LogP) is 4.49. The lowest BCUT2D eigenvalue weighted by Crippen LogP contribution is -2.24. The van der Waals surface area contributed by atoms with Crippen LogP contribution in [0.2, 0.25) is 5.02 Å². The molecular formula is C20H14ClNO3. The quantitative estimate of drug-likeness (QED) is 0.648. The molecule has 0 saturated heterocycles. The van der Waals surface area contributed by atoms with Crippen molar-refractivity contribution < 1.29 is 9.21 Å². The maximum absolute atomic E-state index is 12.9. The second-order valence-corrected chi connectivity index (χ2v) is 6.45. The summed E-state index contributed by atoms with van der Waals surface area (Å²) >= 11 is 5.96. The van der Waals surface area contributed by atoms with E-state index in [1.807, 2.05) is 13.0 Å². The largest absolute Gasteiger partial charge is 0.439 e. The summed E-state index contributed by atoms with van der Waals surface area (Å²) in [4.78, 5) is 26.8. The number of carbonyl (C=O) groups excluding carboxylic acids is 1. The van der Waals surface area contributed by atoms with Gasteiger partial charge in [-0.3, -0.25) is 9.59 Å². The first kappa shape index (κ1) is 15.7. The predicted molar refractivity (Wildman–Crippen MR) is 99.7 cm³/mol. The van der Waals surface area contributed by atoms with Crippen LogP contribution in [0.5, 0.6) is 0 Å². The van der Waals surface area contributed by atoms with E-state index in [0.29, 0.717) is 27.4 Å². The number of fused-ring (bicyclic) bond motifs is 2. The molecule has 0 amide bonds. The Morgan fingerprint density at radius 3 is 2.56 bits per heavy atom. The number of hydrogen-bond acceptors (Lipinski definition) is 4. The number of rotatable bonds is 1. The van der Waals surface area contributed by atoms with Crippen molar-refractivity contribution in [2.75, 3.05) is 11.4 Å². The molecule has 124 valence electrons. The van der Waals surface area contributed by atoms with Gasteiger partial charge in [0.05, 0.1) is 17.5 Å². The molecule has 1 aliphatic rings. The van der Waals surface area contributed by atoms with Crippen molar-refractivity contribution >= 4 is 46.0 Å². The highest BCUT2D eigenvalue weighted by atomic mass is 35.5. The third-order valence-electron chi connectivity index (χ3n) is 4.19. The topological polar surface area (TPSA) is 50.5 Å². The number of ketones is 1. The normalized spacial score (nSPS) is 13.8. The lowest BCUT2D eigenvalue weighted by Gasteiger charge is -2.22. The van der Waals surface area contributed by atoms with Crippen LogP contribution in [0.4, 0.5) is 11.6 Å². The van der Waals surface area contributed by atoms with E-state index >= 15 is 0 Å². The molecule has 0 bridgehead atoms. The van der Waals surface area contributed by atoms with E-state index in [-0.39, 0.29) is 17.8 Å². The van der Waals surface area contributed by atoms with Crippen LogP contribution in [0.3, 0.4) is 0 Å². The zero-order valence-electron chi connectivity index (χ0n) is 13.5. The summed E-state index contributed by atoms with van der Waals surface area (Å²) in [6.45, 7) is 2.01. The fraction of sp³-hybridized carbons (Fsp3) is 0.100. The minimum absolute atomic E-state index is 0.0887. The second-order valence-electron chi connectivity index (χ2n) is 6.01. The molecule has 0 spiro atoms. The first-order valence-electron chi connectivity index (χ1n) is 7.84. The Hall–Kier alpha value is -2.85. The Morgan fingerprint density at radius 2 is 1.80 bits per heavy atom. The summed E-state index contributed by atoms with van der Waals surface area (Å²) < 4.78 is 6.04. The molecule has 5 heteroatoms. The molecule has 0 aliphatic carbocycles. The van der Waals surface area contributed by atoms with Crippen LogP contribution in [0.1, 0.15) is 11.1 Å². The lowest BCUT2D eigenvalue weighted by atomic mass is 10.1. The number of carbonyl (C=O) groups is 1. The highest BCUT2D eigenvalue weighted by Gasteiger charge is 2.24. The molecule has 1 aliphatic heterocycles. The molecule has 0 saturated carbocycles. The van der Waals surface area contributed by atoms with Crippen molar-refractivity contribution in [3.63, 3.8) is 0 Å². The molecule has 2 heterocycles. The number of anilines is 2. The minimum Gasteiger partial charge on any atom is -0.439 e. The number of nitrogens with zero attached hydrogens (tertiary/aromatic N) is 1. The molecule has 0 radical (unpaired) electrons. The van der Waals surface area contributed by atoms with Gasteiger partial charge in [-0.1, -0.05) is 23.2 Å². The average Bonchev–Trinajstić information content (AvgIpc) is 2.76. The number of benzene rings is 2. The summed E-state index contributed by atoms with van der Waals surface area (Å²) in [5.74, 6) is 0.256. The number of halogens is 1. The van der Waals surface area contributed by atoms with Crippen molar-refractivity contribution in [1.82, 2.24) is 0 Å². The molecule has 0 N–H and O–H groups in total. The summed E-state index contributed by atoms with van der Waals surface area (Å²) in [7, 11) is 0. The SMILES string of the molecule is Cc1ccc2oc3c(c(=O)c2c1)C=CC(=O)CN3c1ccc(Cl)cc1.